The first kappa shape index (κ1) is 24.0. The Bertz CT molecular complexity index is 273. The van der Waals surface area contributed by atoms with E-state index < -0.39 is 0 Å². The Morgan fingerprint density at radius 3 is 1.42 bits per heavy atom. The van der Waals surface area contributed by atoms with Crippen molar-refractivity contribution < 1.29 is 9.47 Å². The summed E-state index contributed by atoms with van der Waals surface area (Å²) in [6.45, 7) is 6.22. The number of unbranched alkanes of at least 4 members (excludes halogenated alkanes) is 15. The fourth-order valence-corrected chi connectivity index (χ4v) is 4.03. The molecule has 1 aliphatic heterocycles. The average molecular weight is 369 g/mol. The molecule has 2 nitrogen and oxygen atoms in total. The summed E-state index contributed by atoms with van der Waals surface area (Å²) in [7, 11) is 0. The molecule has 0 aromatic rings. The van der Waals surface area contributed by atoms with E-state index in [1.807, 2.05) is 0 Å². The third kappa shape index (κ3) is 15.0. The number of hydrogen-bond donors (Lipinski definition) is 0. The van der Waals surface area contributed by atoms with Gasteiger partial charge in [0.15, 0.2) is 6.29 Å². The Labute approximate surface area is 164 Å². The van der Waals surface area contributed by atoms with Gasteiger partial charge in [0.25, 0.3) is 0 Å². The molecule has 0 aromatic carbocycles. The van der Waals surface area contributed by atoms with Crippen molar-refractivity contribution in [1.29, 1.82) is 0 Å². The molecule has 0 radical (unpaired) electrons. The van der Waals surface area contributed by atoms with Gasteiger partial charge in [-0.15, -0.1) is 0 Å². The van der Waals surface area contributed by atoms with Gasteiger partial charge in [-0.1, -0.05) is 123 Å². The van der Waals surface area contributed by atoms with E-state index in [2.05, 4.69) is 13.8 Å². The molecule has 0 bridgehead atoms. The van der Waals surface area contributed by atoms with Gasteiger partial charge in [-0.25, -0.2) is 0 Å². The maximum Gasteiger partial charge on any atom is 0.158 e. The van der Waals surface area contributed by atoms with Crippen LogP contribution in [0.3, 0.4) is 0 Å². The monoisotopic (exact) mass is 368 g/mol. The van der Waals surface area contributed by atoms with E-state index in [4.69, 9.17) is 9.47 Å². The fraction of sp³-hybridized carbons (Fsp3) is 1.00. The quantitative estimate of drug-likeness (QED) is 0.215. The van der Waals surface area contributed by atoms with Gasteiger partial charge in [-0.3, -0.25) is 0 Å². The summed E-state index contributed by atoms with van der Waals surface area (Å²) in [5.41, 5.74) is 0. The van der Waals surface area contributed by atoms with Crippen LogP contribution >= 0.6 is 0 Å². The Hall–Kier alpha value is -0.0800. The largest absolute Gasteiger partial charge is 0.350 e. The normalized spacial score (nSPS) is 16.4. The molecule has 1 aliphatic rings. The molecule has 0 aliphatic carbocycles. The van der Waals surface area contributed by atoms with Crippen LogP contribution in [0.4, 0.5) is 0 Å². The average Bonchev–Trinajstić information content (AvgIpc) is 3.14. The van der Waals surface area contributed by atoms with Gasteiger partial charge < -0.3 is 9.47 Å². The van der Waals surface area contributed by atoms with Gasteiger partial charge in [-0.05, 0) is 5.92 Å². The zero-order valence-electron chi connectivity index (χ0n) is 18.1. The van der Waals surface area contributed by atoms with Gasteiger partial charge in [0.2, 0.25) is 0 Å². The molecule has 0 spiro atoms. The molecule has 0 N–H and O–H groups in total. The van der Waals surface area contributed by atoms with E-state index in [0.29, 0.717) is 0 Å². The molecule has 0 aromatic heterocycles. The number of ether oxygens (including phenoxy) is 2. The summed E-state index contributed by atoms with van der Waals surface area (Å²) in [5.74, 6) is 0.741. The van der Waals surface area contributed by atoms with E-state index in [-0.39, 0.29) is 6.29 Å². The van der Waals surface area contributed by atoms with Crippen molar-refractivity contribution >= 4 is 0 Å². The van der Waals surface area contributed by atoms with Crippen LogP contribution in [-0.2, 0) is 9.47 Å². The standard InChI is InChI=1S/C24H48O2/c1-3-4-5-6-7-8-9-10-11-12-13-14-15-16-17-18-19-23(2)22-24-25-20-21-26-24/h23-24H,3-22H2,1-2H3. The molecule has 1 saturated heterocycles. The minimum Gasteiger partial charge on any atom is -0.350 e. The Morgan fingerprint density at radius 2 is 1.00 bits per heavy atom. The van der Waals surface area contributed by atoms with Crippen LogP contribution < -0.4 is 0 Å². The van der Waals surface area contributed by atoms with Crippen molar-refractivity contribution in [2.75, 3.05) is 13.2 Å². The Morgan fingerprint density at radius 1 is 0.615 bits per heavy atom. The zero-order chi connectivity index (χ0) is 18.7. The maximum absolute atomic E-state index is 5.53. The lowest BCUT2D eigenvalue weighted by atomic mass is 9.98. The second-order valence-electron chi connectivity index (χ2n) is 8.60. The Balaban J connectivity index is 1.69. The number of hydrogen-bond acceptors (Lipinski definition) is 2. The summed E-state index contributed by atoms with van der Waals surface area (Å²) in [6, 6.07) is 0. The zero-order valence-corrected chi connectivity index (χ0v) is 18.1. The molecule has 0 amide bonds. The van der Waals surface area contributed by atoms with Crippen LogP contribution in [0, 0.1) is 5.92 Å². The topological polar surface area (TPSA) is 18.5 Å². The third-order valence-corrected chi connectivity index (χ3v) is 5.84. The van der Waals surface area contributed by atoms with Gasteiger partial charge in [0.1, 0.15) is 0 Å². The van der Waals surface area contributed by atoms with Gasteiger partial charge in [0.05, 0.1) is 13.2 Å². The molecule has 1 fully saturated rings. The molecule has 1 rings (SSSR count). The van der Waals surface area contributed by atoms with E-state index in [9.17, 15) is 0 Å². The van der Waals surface area contributed by atoms with Gasteiger partial charge >= 0.3 is 0 Å². The van der Waals surface area contributed by atoms with Crippen molar-refractivity contribution in [2.45, 2.75) is 136 Å². The van der Waals surface area contributed by atoms with Gasteiger partial charge in [0, 0.05) is 6.42 Å². The minimum atomic E-state index is 0.0889. The van der Waals surface area contributed by atoms with Crippen LogP contribution in [-0.4, -0.2) is 19.5 Å². The minimum absolute atomic E-state index is 0.0889. The van der Waals surface area contributed by atoms with Gasteiger partial charge in [-0.2, -0.15) is 0 Å². The first-order valence-electron chi connectivity index (χ1n) is 12.1. The predicted molar refractivity (Wildman–Crippen MR) is 114 cm³/mol. The van der Waals surface area contributed by atoms with Crippen molar-refractivity contribution in [3.8, 4) is 0 Å². The van der Waals surface area contributed by atoms with Crippen LogP contribution in [0.5, 0.6) is 0 Å². The molecule has 156 valence electrons. The summed E-state index contributed by atoms with van der Waals surface area (Å²) in [5, 5.41) is 0. The van der Waals surface area contributed by atoms with Crippen molar-refractivity contribution in [3.05, 3.63) is 0 Å². The third-order valence-electron chi connectivity index (χ3n) is 5.84. The van der Waals surface area contributed by atoms with Crippen LogP contribution in [0.2, 0.25) is 0 Å². The highest BCUT2D eigenvalue weighted by Crippen LogP contribution is 2.20. The maximum atomic E-state index is 5.53. The van der Waals surface area contributed by atoms with E-state index in [1.54, 1.807) is 0 Å². The highest BCUT2D eigenvalue weighted by atomic mass is 16.7. The second-order valence-corrected chi connectivity index (χ2v) is 8.60. The first-order valence-corrected chi connectivity index (χ1v) is 12.1. The van der Waals surface area contributed by atoms with Crippen molar-refractivity contribution in [2.24, 2.45) is 5.92 Å². The highest BCUT2D eigenvalue weighted by Gasteiger charge is 2.18. The van der Waals surface area contributed by atoms with E-state index >= 15 is 0 Å². The molecular weight excluding hydrogens is 320 g/mol. The molecule has 1 atom stereocenters. The van der Waals surface area contributed by atoms with Crippen molar-refractivity contribution in [1.82, 2.24) is 0 Å². The van der Waals surface area contributed by atoms with E-state index in [0.717, 1.165) is 25.6 Å². The summed E-state index contributed by atoms with van der Waals surface area (Å²) < 4.78 is 11.1. The molecule has 0 saturated carbocycles. The first-order chi connectivity index (χ1) is 12.8. The molecular formula is C24H48O2. The lowest BCUT2D eigenvalue weighted by Crippen LogP contribution is -2.12. The smallest absolute Gasteiger partial charge is 0.158 e. The lowest BCUT2D eigenvalue weighted by Gasteiger charge is -2.15. The fourth-order valence-electron chi connectivity index (χ4n) is 4.03. The Kier molecular flexibility index (Phi) is 16.9. The molecule has 2 heteroatoms. The van der Waals surface area contributed by atoms with Crippen LogP contribution in [0.1, 0.15) is 129 Å². The highest BCUT2D eigenvalue weighted by molar-refractivity contribution is 4.60. The summed E-state index contributed by atoms with van der Waals surface area (Å²) in [6.07, 6.45) is 25.6. The van der Waals surface area contributed by atoms with Crippen LogP contribution in [0.25, 0.3) is 0 Å². The summed E-state index contributed by atoms with van der Waals surface area (Å²) in [4.78, 5) is 0. The SMILES string of the molecule is CCCCCCCCCCCCCCCCCCC(C)CC1OCCO1. The molecule has 1 heterocycles. The summed E-state index contributed by atoms with van der Waals surface area (Å²) >= 11 is 0. The molecule has 1 unspecified atom stereocenters. The van der Waals surface area contributed by atoms with Crippen LogP contribution in [0.15, 0.2) is 0 Å². The van der Waals surface area contributed by atoms with Crippen molar-refractivity contribution in [3.63, 3.8) is 0 Å². The lowest BCUT2D eigenvalue weighted by molar-refractivity contribution is -0.0562. The van der Waals surface area contributed by atoms with E-state index in [1.165, 1.54) is 109 Å². The number of rotatable bonds is 19. The predicted octanol–water partition coefficient (Wildman–Crippen LogP) is 8.04. The second kappa shape index (κ2) is 18.3. The molecule has 26 heavy (non-hydrogen) atoms.